The van der Waals surface area contributed by atoms with E-state index in [-0.39, 0.29) is 23.1 Å². The van der Waals surface area contributed by atoms with Crippen LogP contribution in [0.15, 0.2) is 42.5 Å². The van der Waals surface area contributed by atoms with Crippen molar-refractivity contribution < 1.29 is 14.5 Å². The van der Waals surface area contributed by atoms with Crippen LogP contribution in [0.2, 0.25) is 10.0 Å². The second-order valence-corrected chi connectivity index (χ2v) is 6.14. The van der Waals surface area contributed by atoms with Crippen molar-refractivity contribution in [1.82, 2.24) is 5.32 Å². The van der Waals surface area contributed by atoms with E-state index in [0.717, 1.165) is 0 Å². The van der Waals surface area contributed by atoms with Gasteiger partial charge in [-0.1, -0.05) is 41.4 Å². The van der Waals surface area contributed by atoms with Gasteiger partial charge >= 0.3 is 0 Å². The standard InChI is InChI=1S/C16H13Cl2N3O4S/c17-11-4-3-5-12(18)10(11)8-19-16(26)25-9-15(22)20-13-6-1-2-7-14(13)21(23)24/h1-7H,8-9H2,(H,19,26)(H,20,22). The summed E-state index contributed by atoms with van der Waals surface area (Å²) in [6, 6.07) is 10.9. The third-order valence-electron chi connectivity index (χ3n) is 3.18. The van der Waals surface area contributed by atoms with Crippen molar-refractivity contribution >= 4 is 57.9 Å². The molecule has 10 heteroatoms. The van der Waals surface area contributed by atoms with Crippen LogP contribution in [0.5, 0.6) is 0 Å². The summed E-state index contributed by atoms with van der Waals surface area (Å²) in [7, 11) is 0. The molecular weight excluding hydrogens is 401 g/mol. The highest BCUT2D eigenvalue weighted by Gasteiger charge is 2.15. The number of ether oxygens (including phenoxy) is 1. The van der Waals surface area contributed by atoms with Gasteiger partial charge in [-0.2, -0.15) is 0 Å². The number of benzene rings is 2. The van der Waals surface area contributed by atoms with Crippen molar-refractivity contribution in [3.05, 3.63) is 68.2 Å². The van der Waals surface area contributed by atoms with Crippen LogP contribution in [-0.2, 0) is 16.1 Å². The number of halogens is 2. The fourth-order valence-electron chi connectivity index (χ4n) is 1.97. The van der Waals surface area contributed by atoms with Crippen LogP contribution >= 0.6 is 35.4 Å². The maximum Gasteiger partial charge on any atom is 0.292 e. The molecule has 7 nitrogen and oxygen atoms in total. The van der Waals surface area contributed by atoms with Crippen LogP contribution in [0, 0.1) is 10.1 Å². The molecule has 0 heterocycles. The van der Waals surface area contributed by atoms with Crippen LogP contribution in [0.4, 0.5) is 11.4 Å². The molecule has 2 aromatic carbocycles. The van der Waals surface area contributed by atoms with E-state index in [2.05, 4.69) is 10.6 Å². The number of anilines is 1. The Balaban J connectivity index is 1.84. The summed E-state index contributed by atoms with van der Waals surface area (Å²) in [6.07, 6.45) is 0. The zero-order chi connectivity index (χ0) is 19.1. The highest BCUT2D eigenvalue weighted by molar-refractivity contribution is 7.80. The van der Waals surface area contributed by atoms with Crippen molar-refractivity contribution in [2.75, 3.05) is 11.9 Å². The lowest BCUT2D eigenvalue weighted by atomic mass is 10.2. The molecule has 0 radical (unpaired) electrons. The number of thiocarbonyl (C=S) groups is 1. The molecule has 1 amide bonds. The number of carbonyl (C=O) groups is 1. The minimum absolute atomic E-state index is 0.0290. The summed E-state index contributed by atoms with van der Waals surface area (Å²) in [6.45, 7) is -0.183. The van der Waals surface area contributed by atoms with Crippen LogP contribution in [0.3, 0.4) is 0 Å². The number of nitrogens with one attached hydrogen (secondary N) is 2. The number of para-hydroxylation sites is 2. The van der Waals surface area contributed by atoms with Gasteiger partial charge in [0.2, 0.25) is 0 Å². The predicted octanol–water partition coefficient (Wildman–Crippen LogP) is 3.93. The molecule has 0 aliphatic rings. The van der Waals surface area contributed by atoms with Gasteiger partial charge < -0.3 is 15.4 Å². The molecule has 0 aliphatic heterocycles. The summed E-state index contributed by atoms with van der Waals surface area (Å²) in [5.41, 5.74) is 0.508. The fraction of sp³-hybridized carbons (Fsp3) is 0.125. The second-order valence-electron chi connectivity index (χ2n) is 4.95. The van der Waals surface area contributed by atoms with E-state index in [1.54, 1.807) is 24.3 Å². The third kappa shape index (κ3) is 5.55. The minimum Gasteiger partial charge on any atom is -0.461 e. The number of carbonyl (C=O) groups excluding carboxylic acids is 1. The molecule has 0 atom stereocenters. The Kier molecular flexibility index (Phi) is 7.14. The molecule has 2 aromatic rings. The first-order chi connectivity index (χ1) is 12.4. The van der Waals surface area contributed by atoms with Gasteiger partial charge in [0.1, 0.15) is 5.69 Å². The fourth-order valence-corrected chi connectivity index (χ4v) is 2.63. The van der Waals surface area contributed by atoms with Crippen molar-refractivity contribution in [1.29, 1.82) is 0 Å². The molecule has 0 unspecified atom stereocenters. The first-order valence-electron chi connectivity index (χ1n) is 7.25. The molecule has 0 fully saturated rings. The summed E-state index contributed by atoms with van der Waals surface area (Å²) < 4.78 is 5.13. The normalized spacial score (nSPS) is 10.1. The van der Waals surface area contributed by atoms with Crippen LogP contribution < -0.4 is 10.6 Å². The Morgan fingerprint density at radius 3 is 2.46 bits per heavy atom. The first kappa shape index (κ1) is 19.9. The van der Waals surface area contributed by atoms with E-state index in [1.807, 2.05) is 0 Å². The predicted molar refractivity (Wildman–Crippen MR) is 104 cm³/mol. The zero-order valence-corrected chi connectivity index (χ0v) is 15.5. The monoisotopic (exact) mass is 413 g/mol. The third-order valence-corrected chi connectivity index (χ3v) is 4.15. The molecule has 0 aromatic heterocycles. The molecular formula is C16H13Cl2N3O4S. The van der Waals surface area contributed by atoms with E-state index in [9.17, 15) is 14.9 Å². The van der Waals surface area contributed by atoms with Gasteiger partial charge in [0, 0.05) is 28.2 Å². The largest absolute Gasteiger partial charge is 0.461 e. The average molecular weight is 414 g/mol. The van der Waals surface area contributed by atoms with E-state index >= 15 is 0 Å². The number of nitrogens with zero attached hydrogens (tertiary/aromatic N) is 1. The highest BCUT2D eigenvalue weighted by atomic mass is 35.5. The number of nitro benzene ring substituents is 1. The van der Waals surface area contributed by atoms with Crippen molar-refractivity contribution in [2.45, 2.75) is 6.54 Å². The van der Waals surface area contributed by atoms with Gasteiger partial charge in [-0.05, 0) is 30.4 Å². The molecule has 0 bridgehead atoms. The lowest BCUT2D eigenvalue weighted by Crippen LogP contribution is -2.28. The molecule has 0 aliphatic carbocycles. The lowest BCUT2D eigenvalue weighted by molar-refractivity contribution is -0.383. The first-order valence-corrected chi connectivity index (χ1v) is 8.41. The van der Waals surface area contributed by atoms with Gasteiger partial charge in [-0.25, -0.2) is 0 Å². The quantitative estimate of drug-likeness (QED) is 0.423. The zero-order valence-electron chi connectivity index (χ0n) is 13.2. The van der Waals surface area contributed by atoms with E-state index in [1.165, 1.54) is 18.2 Å². The Hall–Kier alpha value is -2.42. The van der Waals surface area contributed by atoms with E-state index in [4.69, 9.17) is 40.2 Å². The Bertz CT molecular complexity index is 828. The van der Waals surface area contributed by atoms with Crippen LogP contribution in [-0.4, -0.2) is 22.6 Å². The molecule has 0 saturated heterocycles. The van der Waals surface area contributed by atoms with Gasteiger partial charge in [-0.15, -0.1) is 0 Å². The summed E-state index contributed by atoms with van der Waals surface area (Å²) >= 11 is 17.1. The van der Waals surface area contributed by atoms with E-state index in [0.29, 0.717) is 15.6 Å². The van der Waals surface area contributed by atoms with Gasteiger partial charge in [0.25, 0.3) is 16.8 Å². The summed E-state index contributed by atoms with van der Waals surface area (Å²) in [5.74, 6) is -0.584. The van der Waals surface area contributed by atoms with Crippen LogP contribution in [0.25, 0.3) is 0 Å². The van der Waals surface area contributed by atoms with E-state index < -0.39 is 17.4 Å². The molecule has 2 N–H and O–H groups in total. The number of nitro groups is 1. The number of hydrogen-bond donors (Lipinski definition) is 2. The maximum absolute atomic E-state index is 11.9. The Morgan fingerprint density at radius 2 is 1.81 bits per heavy atom. The maximum atomic E-state index is 11.9. The average Bonchev–Trinajstić information content (AvgIpc) is 2.60. The molecule has 0 spiro atoms. The molecule has 26 heavy (non-hydrogen) atoms. The number of hydrogen-bond acceptors (Lipinski definition) is 5. The van der Waals surface area contributed by atoms with Crippen molar-refractivity contribution in [3.63, 3.8) is 0 Å². The molecule has 136 valence electrons. The minimum atomic E-state index is -0.587. The summed E-state index contributed by atoms with van der Waals surface area (Å²) in [4.78, 5) is 22.2. The van der Waals surface area contributed by atoms with Gasteiger partial charge in [0.05, 0.1) is 4.92 Å². The number of amides is 1. The van der Waals surface area contributed by atoms with Crippen LogP contribution in [0.1, 0.15) is 5.56 Å². The Labute approximate surface area is 164 Å². The molecule has 0 saturated carbocycles. The second kappa shape index (κ2) is 9.33. The molecule has 2 rings (SSSR count). The Morgan fingerprint density at radius 1 is 1.15 bits per heavy atom. The van der Waals surface area contributed by atoms with Gasteiger partial charge in [-0.3, -0.25) is 14.9 Å². The topological polar surface area (TPSA) is 93.5 Å². The number of rotatable bonds is 6. The SMILES string of the molecule is O=C(COC(=S)NCc1c(Cl)cccc1Cl)Nc1ccccc1[N+](=O)[O-]. The smallest absolute Gasteiger partial charge is 0.292 e. The van der Waals surface area contributed by atoms with Crippen molar-refractivity contribution in [3.8, 4) is 0 Å². The lowest BCUT2D eigenvalue weighted by Gasteiger charge is -2.12. The van der Waals surface area contributed by atoms with Crippen molar-refractivity contribution in [2.24, 2.45) is 0 Å². The summed E-state index contributed by atoms with van der Waals surface area (Å²) in [5, 5.41) is 17.0. The highest BCUT2D eigenvalue weighted by Crippen LogP contribution is 2.24. The van der Waals surface area contributed by atoms with Gasteiger partial charge in [0.15, 0.2) is 6.61 Å².